The molecule has 92 valence electrons. The average molecular weight is 212 g/mol. The van der Waals surface area contributed by atoms with Crippen molar-refractivity contribution in [2.45, 2.75) is 79.6 Å². The van der Waals surface area contributed by atoms with E-state index in [0.29, 0.717) is 0 Å². The highest BCUT2D eigenvalue weighted by atomic mass is 14.2. The maximum atomic E-state index is 2.39. The average Bonchev–Trinajstić information content (AvgIpc) is 2.15. The first-order chi connectivity index (χ1) is 7.07. The van der Waals surface area contributed by atoms with Gasteiger partial charge in [0, 0.05) is 0 Å². The maximum Gasteiger partial charge on any atom is -0.0391 e. The molecule has 0 heterocycles. The van der Waals surface area contributed by atoms with Crippen molar-refractivity contribution < 1.29 is 0 Å². The molecule has 0 aliphatic heterocycles. The fourth-order valence-corrected chi connectivity index (χ4v) is 2.24. The quantitative estimate of drug-likeness (QED) is 0.432. The van der Waals surface area contributed by atoms with Gasteiger partial charge in [0.25, 0.3) is 0 Å². The molecule has 0 fully saturated rings. The van der Waals surface area contributed by atoms with E-state index < -0.39 is 0 Å². The molecular weight excluding hydrogens is 180 g/mol. The number of rotatable bonds is 9. The van der Waals surface area contributed by atoms with Crippen LogP contribution in [0.5, 0.6) is 0 Å². The normalized spacial score (nSPS) is 13.8. The van der Waals surface area contributed by atoms with Gasteiger partial charge in [-0.2, -0.15) is 0 Å². The summed E-state index contributed by atoms with van der Waals surface area (Å²) in [5.41, 5.74) is 0. The Hall–Kier alpha value is 0. The highest BCUT2D eigenvalue weighted by Crippen LogP contribution is 2.24. The predicted octanol–water partition coefficient (Wildman–Crippen LogP) is 5.67. The van der Waals surface area contributed by atoms with E-state index in [9.17, 15) is 0 Å². The lowest BCUT2D eigenvalue weighted by molar-refractivity contribution is 0.314. The summed E-state index contributed by atoms with van der Waals surface area (Å²) in [6.45, 7) is 11.7. The van der Waals surface area contributed by atoms with Gasteiger partial charge in [-0.25, -0.2) is 0 Å². The summed E-state index contributed by atoms with van der Waals surface area (Å²) in [6, 6.07) is 0. The molecule has 0 aromatic rings. The monoisotopic (exact) mass is 212 g/mol. The third-order valence-corrected chi connectivity index (χ3v) is 3.48. The molecule has 0 N–H and O–H groups in total. The smallest absolute Gasteiger partial charge is 0.0391 e. The van der Waals surface area contributed by atoms with Crippen LogP contribution in [0.25, 0.3) is 0 Å². The molecule has 0 aliphatic carbocycles. The molecular formula is C15H32. The molecule has 0 aromatic heterocycles. The van der Waals surface area contributed by atoms with Crippen LogP contribution in [0.4, 0.5) is 0 Å². The largest absolute Gasteiger partial charge is 0.0654 e. The van der Waals surface area contributed by atoms with Gasteiger partial charge in [-0.1, -0.05) is 79.6 Å². The third-order valence-electron chi connectivity index (χ3n) is 3.48. The van der Waals surface area contributed by atoms with Gasteiger partial charge in [-0.05, 0) is 17.8 Å². The molecule has 1 atom stereocenters. The van der Waals surface area contributed by atoms with Crippen LogP contribution in [-0.4, -0.2) is 0 Å². The van der Waals surface area contributed by atoms with Gasteiger partial charge in [-0.15, -0.1) is 0 Å². The zero-order chi connectivity index (χ0) is 11.7. The van der Waals surface area contributed by atoms with Crippen molar-refractivity contribution in [3.05, 3.63) is 0 Å². The summed E-state index contributed by atoms with van der Waals surface area (Å²) >= 11 is 0. The van der Waals surface area contributed by atoms with Crippen LogP contribution in [-0.2, 0) is 0 Å². The Morgan fingerprint density at radius 2 is 1.27 bits per heavy atom. The second kappa shape index (κ2) is 9.24. The molecule has 0 nitrogen and oxygen atoms in total. The summed E-state index contributed by atoms with van der Waals surface area (Å²) in [6.07, 6.45) is 10.00. The number of unbranched alkanes of at least 4 members (excludes halogenated alkanes) is 2. The molecule has 0 bridgehead atoms. The van der Waals surface area contributed by atoms with Crippen molar-refractivity contribution in [2.24, 2.45) is 17.8 Å². The van der Waals surface area contributed by atoms with Crippen LogP contribution < -0.4 is 0 Å². The van der Waals surface area contributed by atoms with E-state index in [2.05, 4.69) is 34.6 Å². The summed E-state index contributed by atoms with van der Waals surface area (Å²) in [4.78, 5) is 0. The zero-order valence-corrected chi connectivity index (χ0v) is 11.7. The predicted molar refractivity (Wildman–Crippen MR) is 71.2 cm³/mol. The summed E-state index contributed by atoms with van der Waals surface area (Å²) in [7, 11) is 0. The molecule has 1 unspecified atom stereocenters. The van der Waals surface area contributed by atoms with Gasteiger partial charge in [0.15, 0.2) is 0 Å². The Morgan fingerprint density at radius 1 is 0.733 bits per heavy atom. The fraction of sp³-hybridized carbons (Fsp3) is 1.00. The lowest BCUT2D eigenvalue weighted by atomic mass is 9.86. The van der Waals surface area contributed by atoms with Crippen LogP contribution in [0.1, 0.15) is 79.6 Å². The molecule has 0 heteroatoms. The Bertz CT molecular complexity index is 124. The Labute approximate surface area is 97.8 Å². The first kappa shape index (κ1) is 15.0. The van der Waals surface area contributed by atoms with Crippen molar-refractivity contribution in [2.75, 3.05) is 0 Å². The van der Waals surface area contributed by atoms with Crippen molar-refractivity contribution in [3.8, 4) is 0 Å². The van der Waals surface area contributed by atoms with Gasteiger partial charge in [0.2, 0.25) is 0 Å². The van der Waals surface area contributed by atoms with Crippen molar-refractivity contribution >= 4 is 0 Å². The molecule has 0 amide bonds. The Balaban J connectivity index is 3.57. The van der Waals surface area contributed by atoms with E-state index in [1.807, 2.05) is 0 Å². The van der Waals surface area contributed by atoms with E-state index in [1.165, 1.54) is 44.9 Å². The van der Waals surface area contributed by atoms with Crippen molar-refractivity contribution in [3.63, 3.8) is 0 Å². The van der Waals surface area contributed by atoms with Gasteiger partial charge >= 0.3 is 0 Å². The summed E-state index contributed by atoms with van der Waals surface area (Å²) in [5.74, 6) is 2.76. The van der Waals surface area contributed by atoms with Crippen LogP contribution in [0.2, 0.25) is 0 Å². The van der Waals surface area contributed by atoms with E-state index in [-0.39, 0.29) is 0 Å². The SMILES string of the molecule is CCCCC(CCCCC(C)C)C(C)C. The first-order valence-electron chi connectivity index (χ1n) is 7.07. The van der Waals surface area contributed by atoms with Crippen LogP contribution in [0, 0.1) is 17.8 Å². The molecule has 0 radical (unpaired) electrons. The van der Waals surface area contributed by atoms with E-state index in [0.717, 1.165) is 17.8 Å². The standard InChI is InChI=1S/C15H32/c1-6-7-11-15(14(4)5)12-9-8-10-13(2)3/h13-15H,6-12H2,1-5H3. The van der Waals surface area contributed by atoms with Crippen LogP contribution in [0.15, 0.2) is 0 Å². The number of hydrogen-bond acceptors (Lipinski definition) is 0. The minimum atomic E-state index is 0.885. The highest BCUT2D eigenvalue weighted by Gasteiger charge is 2.12. The minimum absolute atomic E-state index is 0.885. The summed E-state index contributed by atoms with van der Waals surface area (Å²) in [5, 5.41) is 0. The van der Waals surface area contributed by atoms with Crippen molar-refractivity contribution in [1.29, 1.82) is 0 Å². The van der Waals surface area contributed by atoms with Crippen LogP contribution in [0.3, 0.4) is 0 Å². The molecule has 15 heavy (non-hydrogen) atoms. The highest BCUT2D eigenvalue weighted by molar-refractivity contribution is 4.63. The molecule has 0 aromatic carbocycles. The van der Waals surface area contributed by atoms with E-state index >= 15 is 0 Å². The lowest BCUT2D eigenvalue weighted by Crippen LogP contribution is -2.08. The molecule has 0 rings (SSSR count). The molecule has 0 aliphatic rings. The fourth-order valence-electron chi connectivity index (χ4n) is 2.24. The summed E-state index contributed by atoms with van der Waals surface area (Å²) < 4.78 is 0. The topological polar surface area (TPSA) is 0 Å². The van der Waals surface area contributed by atoms with Gasteiger partial charge < -0.3 is 0 Å². The molecule has 0 saturated carbocycles. The third kappa shape index (κ3) is 8.96. The van der Waals surface area contributed by atoms with Crippen molar-refractivity contribution in [1.82, 2.24) is 0 Å². The number of hydrogen-bond donors (Lipinski definition) is 0. The Morgan fingerprint density at radius 3 is 1.73 bits per heavy atom. The lowest BCUT2D eigenvalue weighted by Gasteiger charge is -2.20. The van der Waals surface area contributed by atoms with Crippen LogP contribution >= 0.6 is 0 Å². The van der Waals surface area contributed by atoms with Gasteiger partial charge in [-0.3, -0.25) is 0 Å². The van der Waals surface area contributed by atoms with Gasteiger partial charge in [0.1, 0.15) is 0 Å². The first-order valence-corrected chi connectivity index (χ1v) is 7.07. The second-order valence-electron chi connectivity index (χ2n) is 5.82. The van der Waals surface area contributed by atoms with E-state index in [1.54, 1.807) is 0 Å². The minimum Gasteiger partial charge on any atom is -0.0654 e. The van der Waals surface area contributed by atoms with Gasteiger partial charge in [0.05, 0.1) is 0 Å². The van der Waals surface area contributed by atoms with E-state index in [4.69, 9.17) is 0 Å². The molecule has 0 spiro atoms. The second-order valence-corrected chi connectivity index (χ2v) is 5.82. The maximum absolute atomic E-state index is 2.39. The Kier molecular flexibility index (Phi) is 9.24. The molecule has 0 saturated heterocycles. The zero-order valence-electron chi connectivity index (χ0n) is 11.7.